The number of carbonyl (C=O) groups is 2. The number of carbonyl (C=O) groups excluding carboxylic acids is 2. The molecule has 0 aromatic heterocycles. The van der Waals surface area contributed by atoms with E-state index in [4.69, 9.17) is 27.9 Å². The molecule has 5 rings (SSSR count). The zero-order valence-electron chi connectivity index (χ0n) is 17.8. The summed E-state index contributed by atoms with van der Waals surface area (Å²) in [7, 11) is 0. The van der Waals surface area contributed by atoms with Crippen molar-refractivity contribution < 1.29 is 24.5 Å². The molecule has 0 spiro atoms. The van der Waals surface area contributed by atoms with Crippen LogP contribution < -0.4 is 9.64 Å². The van der Waals surface area contributed by atoms with E-state index in [1.807, 2.05) is 0 Å². The number of anilines is 1. The first kappa shape index (κ1) is 22.3. The second-order valence-corrected chi connectivity index (χ2v) is 8.98. The molecule has 2 aliphatic rings. The Morgan fingerprint density at radius 1 is 1.03 bits per heavy atom. The van der Waals surface area contributed by atoms with Crippen LogP contribution in [0.1, 0.15) is 29.2 Å². The number of aryl methyl sites for hydroxylation is 1. The molecule has 1 saturated heterocycles. The molecule has 3 aromatic carbocycles. The van der Waals surface area contributed by atoms with E-state index in [2.05, 4.69) is 0 Å². The highest BCUT2D eigenvalue weighted by molar-refractivity contribution is 6.52. The van der Waals surface area contributed by atoms with E-state index in [9.17, 15) is 19.8 Å². The lowest BCUT2D eigenvalue weighted by atomic mass is 9.93. The topological polar surface area (TPSA) is 87.1 Å². The van der Waals surface area contributed by atoms with Gasteiger partial charge in [0.2, 0.25) is 0 Å². The molecular weight excluding hydrogens is 477 g/mol. The average Bonchev–Trinajstić information content (AvgIpc) is 3.10. The van der Waals surface area contributed by atoms with Gasteiger partial charge in [0.1, 0.15) is 17.3 Å². The smallest absolute Gasteiger partial charge is 0.300 e. The Bertz CT molecular complexity index is 1370. The number of hydrogen-bond acceptors (Lipinski definition) is 5. The maximum atomic E-state index is 13.3. The number of phenols is 1. The first-order chi connectivity index (χ1) is 16.3. The summed E-state index contributed by atoms with van der Waals surface area (Å²) in [6.45, 7) is 0.630. The molecule has 34 heavy (non-hydrogen) atoms. The Balaban J connectivity index is 1.71. The molecule has 1 unspecified atom stereocenters. The number of fused-ring (bicyclic) bond motifs is 1. The predicted octanol–water partition coefficient (Wildman–Crippen LogP) is 5.65. The third-order valence-electron chi connectivity index (χ3n) is 6.00. The number of Topliss-reactive ketones (excluding diaryl/α,β-unsaturated/α-hetero) is 1. The van der Waals surface area contributed by atoms with Crippen molar-refractivity contribution in [3.05, 3.63) is 93.0 Å². The molecule has 0 aliphatic carbocycles. The molecular formula is C26H19Cl2NO5. The second-order valence-electron chi connectivity index (χ2n) is 8.13. The Kier molecular flexibility index (Phi) is 5.71. The lowest BCUT2D eigenvalue weighted by Crippen LogP contribution is -2.29. The molecule has 1 atom stereocenters. The number of phenolic OH excluding ortho intramolecular Hbond substituents is 1. The van der Waals surface area contributed by atoms with E-state index < -0.39 is 17.7 Å². The fourth-order valence-electron chi connectivity index (χ4n) is 4.40. The number of halogens is 2. The Labute approximate surface area is 205 Å². The van der Waals surface area contributed by atoms with E-state index >= 15 is 0 Å². The maximum Gasteiger partial charge on any atom is 0.300 e. The fourth-order valence-corrected chi connectivity index (χ4v) is 4.77. The van der Waals surface area contributed by atoms with Crippen molar-refractivity contribution in [3.8, 4) is 11.5 Å². The monoisotopic (exact) mass is 495 g/mol. The number of benzene rings is 3. The van der Waals surface area contributed by atoms with Gasteiger partial charge in [0.15, 0.2) is 0 Å². The molecule has 0 saturated carbocycles. The molecule has 0 radical (unpaired) electrons. The molecule has 2 heterocycles. The molecule has 172 valence electrons. The van der Waals surface area contributed by atoms with E-state index in [0.717, 1.165) is 24.2 Å². The van der Waals surface area contributed by atoms with Gasteiger partial charge in [-0.15, -0.1) is 0 Å². The van der Waals surface area contributed by atoms with Gasteiger partial charge < -0.3 is 14.9 Å². The van der Waals surface area contributed by atoms with Crippen molar-refractivity contribution in [2.45, 2.75) is 18.9 Å². The van der Waals surface area contributed by atoms with Crippen molar-refractivity contribution in [2.75, 3.05) is 11.5 Å². The van der Waals surface area contributed by atoms with Gasteiger partial charge in [-0.2, -0.15) is 0 Å². The number of ketones is 1. The highest BCUT2D eigenvalue weighted by atomic mass is 35.5. The highest BCUT2D eigenvalue weighted by Crippen LogP contribution is 2.44. The number of ether oxygens (including phenoxy) is 1. The molecule has 1 amide bonds. The van der Waals surface area contributed by atoms with Crippen LogP contribution in [-0.2, 0) is 16.0 Å². The van der Waals surface area contributed by atoms with E-state index in [0.29, 0.717) is 28.4 Å². The number of nitrogens with zero attached hydrogens (tertiary/aromatic N) is 1. The van der Waals surface area contributed by atoms with Crippen LogP contribution >= 0.6 is 23.2 Å². The van der Waals surface area contributed by atoms with Crippen molar-refractivity contribution in [1.29, 1.82) is 0 Å². The third kappa shape index (κ3) is 3.79. The van der Waals surface area contributed by atoms with Gasteiger partial charge in [-0.05, 0) is 72.5 Å². The quantitative estimate of drug-likeness (QED) is 0.278. The van der Waals surface area contributed by atoms with Gasteiger partial charge in [0, 0.05) is 16.3 Å². The van der Waals surface area contributed by atoms with Crippen LogP contribution in [0.25, 0.3) is 5.76 Å². The summed E-state index contributed by atoms with van der Waals surface area (Å²) in [6, 6.07) is 15.2. The lowest BCUT2D eigenvalue weighted by Gasteiger charge is -2.26. The standard InChI is InChI=1S/C26H19Cl2NO5/c27-17-4-1-5-18(13-17)29-23(15-6-8-20(30)19(28)12-15)22(25(32)26(29)33)24(31)16-7-9-21-14(11-16)3-2-10-34-21/h1,4-9,11-13,23,30-31H,2-3,10H2/b24-22-. The molecule has 3 aromatic rings. The van der Waals surface area contributed by atoms with Crippen molar-refractivity contribution in [3.63, 3.8) is 0 Å². The molecule has 0 bridgehead atoms. The SMILES string of the molecule is O=C1C(=O)N(c2cccc(Cl)c2)C(c2ccc(O)c(Cl)c2)/C1=C(/O)c1ccc2c(c1)CCCO2. The van der Waals surface area contributed by atoms with E-state index in [1.165, 1.54) is 17.0 Å². The van der Waals surface area contributed by atoms with Gasteiger partial charge >= 0.3 is 0 Å². The van der Waals surface area contributed by atoms with Gasteiger partial charge in [0.25, 0.3) is 11.7 Å². The van der Waals surface area contributed by atoms with Gasteiger partial charge in [-0.1, -0.05) is 35.3 Å². The number of aromatic hydroxyl groups is 1. The van der Waals surface area contributed by atoms with Crippen molar-refractivity contribution >= 4 is 46.3 Å². The van der Waals surface area contributed by atoms with E-state index in [1.54, 1.807) is 48.5 Å². The van der Waals surface area contributed by atoms with Crippen LogP contribution in [0.3, 0.4) is 0 Å². The van der Waals surface area contributed by atoms with Crippen molar-refractivity contribution in [2.24, 2.45) is 0 Å². The predicted molar refractivity (Wildman–Crippen MR) is 130 cm³/mol. The zero-order chi connectivity index (χ0) is 24.0. The summed E-state index contributed by atoms with van der Waals surface area (Å²) in [5.41, 5.74) is 2.08. The molecule has 8 heteroatoms. The summed E-state index contributed by atoms with van der Waals surface area (Å²) < 4.78 is 5.64. The number of aliphatic hydroxyl groups excluding tert-OH is 1. The molecule has 2 N–H and O–H groups in total. The largest absolute Gasteiger partial charge is 0.507 e. The summed E-state index contributed by atoms with van der Waals surface area (Å²) in [4.78, 5) is 27.8. The Hall–Kier alpha value is -3.48. The third-order valence-corrected chi connectivity index (χ3v) is 6.54. The first-order valence-corrected chi connectivity index (χ1v) is 11.4. The fraction of sp³-hybridized carbons (Fsp3) is 0.154. The van der Waals surface area contributed by atoms with Crippen LogP contribution in [0.15, 0.2) is 66.2 Å². The minimum atomic E-state index is -0.983. The number of aliphatic hydroxyl groups is 1. The highest BCUT2D eigenvalue weighted by Gasteiger charge is 2.47. The number of amides is 1. The Morgan fingerprint density at radius 3 is 2.62 bits per heavy atom. The van der Waals surface area contributed by atoms with Crippen LogP contribution in [0.5, 0.6) is 11.5 Å². The number of hydrogen-bond donors (Lipinski definition) is 2. The summed E-state index contributed by atoms with van der Waals surface area (Å²) in [5, 5.41) is 21.7. The second kappa shape index (κ2) is 8.70. The number of rotatable bonds is 3. The lowest BCUT2D eigenvalue weighted by molar-refractivity contribution is -0.132. The van der Waals surface area contributed by atoms with Gasteiger partial charge in [-0.25, -0.2) is 0 Å². The van der Waals surface area contributed by atoms with Crippen LogP contribution in [0, 0.1) is 0 Å². The minimum absolute atomic E-state index is 0.0557. The van der Waals surface area contributed by atoms with Crippen LogP contribution in [0.4, 0.5) is 5.69 Å². The van der Waals surface area contributed by atoms with E-state index in [-0.39, 0.29) is 22.1 Å². The van der Waals surface area contributed by atoms with Crippen molar-refractivity contribution in [1.82, 2.24) is 0 Å². The molecule has 6 nitrogen and oxygen atoms in total. The summed E-state index contributed by atoms with van der Waals surface area (Å²) in [6.07, 6.45) is 1.63. The zero-order valence-corrected chi connectivity index (χ0v) is 19.3. The molecule has 1 fully saturated rings. The van der Waals surface area contributed by atoms with Crippen LogP contribution in [0.2, 0.25) is 10.0 Å². The summed E-state index contributed by atoms with van der Waals surface area (Å²) in [5.74, 6) is -1.34. The normalized spacial score (nSPS) is 19.1. The summed E-state index contributed by atoms with van der Waals surface area (Å²) >= 11 is 12.3. The maximum absolute atomic E-state index is 13.3. The molecule has 2 aliphatic heterocycles. The van der Waals surface area contributed by atoms with Gasteiger partial charge in [0.05, 0.1) is 23.2 Å². The van der Waals surface area contributed by atoms with Gasteiger partial charge in [-0.3, -0.25) is 14.5 Å². The Morgan fingerprint density at radius 2 is 1.85 bits per heavy atom. The minimum Gasteiger partial charge on any atom is -0.507 e. The first-order valence-electron chi connectivity index (χ1n) is 10.7. The average molecular weight is 496 g/mol. The van der Waals surface area contributed by atoms with Crippen LogP contribution in [-0.4, -0.2) is 28.5 Å².